The monoisotopic (exact) mass is 440 g/mol. The molecule has 0 fully saturated rings. The number of fused-ring (bicyclic) bond motifs is 1. The van der Waals surface area contributed by atoms with Gasteiger partial charge in [-0.05, 0) is 74.5 Å². The van der Waals surface area contributed by atoms with Crippen molar-refractivity contribution in [3.05, 3.63) is 89.5 Å². The van der Waals surface area contributed by atoms with Crippen LogP contribution in [-0.4, -0.2) is 31.8 Å². The van der Waals surface area contributed by atoms with Crippen LogP contribution in [0.1, 0.15) is 40.1 Å². The van der Waals surface area contributed by atoms with Crippen LogP contribution in [0.3, 0.4) is 0 Å². The molecule has 6 heteroatoms. The molecule has 0 bridgehead atoms. The van der Waals surface area contributed by atoms with Gasteiger partial charge in [-0.2, -0.15) is 0 Å². The Morgan fingerprint density at radius 1 is 0.909 bits per heavy atom. The lowest BCUT2D eigenvalue weighted by Crippen LogP contribution is -2.21. The van der Waals surface area contributed by atoms with Gasteiger partial charge < -0.3 is 20.9 Å². The number of hydrogen-bond acceptors (Lipinski definition) is 5. The molecular weight excluding hydrogens is 412 g/mol. The lowest BCUT2D eigenvalue weighted by atomic mass is 10.0. The van der Waals surface area contributed by atoms with Crippen molar-refractivity contribution in [2.45, 2.75) is 19.9 Å². The summed E-state index contributed by atoms with van der Waals surface area (Å²) in [6.45, 7) is 3.60. The molecule has 6 nitrogen and oxygen atoms in total. The van der Waals surface area contributed by atoms with Crippen molar-refractivity contribution in [3.63, 3.8) is 0 Å². The molecule has 0 aromatic heterocycles. The third-order valence-electron chi connectivity index (χ3n) is 5.56. The number of hydrogen-bond donors (Lipinski definition) is 3. The average molecular weight is 441 g/mol. The fraction of sp³-hybridized carbons (Fsp3) is 0.185. The molecule has 0 radical (unpaired) electrons. The van der Waals surface area contributed by atoms with Gasteiger partial charge in [-0.3, -0.25) is 9.59 Å². The first kappa shape index (κ1) is 22.1. The topological polar surface area (TPSA) is 73.5 Å². The summed E-state index contributed by atoms with van der Waals surface area (Å²) in [5.74, 6) is -0.320. The summed E-state index contributed by atoms with van der Waals surface area (Å²) in [4.78, 5) is 26.3. The number of rotatable bonds is 6. The lowest BCUT2D eigenvalue weighted by molar-refractivity contribution is 0.101. The van der Waals surface area contributed by atoms with Crippen LogP contribution in [0.15, 0.2) is 72.8 Å². The molecule has 1 aliphatic heterocycles. The molecule has 168 valence electrons. The highest BCUT2D eigenvalue weighted by Crippen LogP contribution is 2.33. The van der Waals surface area contributed by atoms with Gasteiger partial charge in [-0.15, -0.1) is 0 Å². The Morgan fingerprint density at radius 2 is 1.61 bits per heavy atom. The number of carbonyl (C=O) groups is 2. The van der Waals surface area contributed by atoms with Crippen molar-refractivity contribution >= 4 is 40.1 Å². The first-order chi connectivity index (χ1) is 15.8. The van der Waals surface area contributed by atoms with E-state index in [9.17, 15) is 9.59 Å². The van der Waals surface area contributed by atoms with Crippen molar-refractivity contribution in [1.29, 1.82) is 0 Å². The maximum absolute atomic E-state index is 12.6. The Labute approximate surface area is 194 Å². The molecule has 1 amide bonds. The molecular formula is C27H28N4O2. The summed E-state index contributed by atoms with van der Waals surface area (Å²) in [6, 6.07) is 20.9. The van der Waals surface area contributed by atoms with Gasteiger partial charge in [-0.25, -0.2) is 0 Å². The quantitative estimate of drug-likeness (QED) is 0.443. The van der Waals surface area contributed by atoms with Gasteiger partial charge in [0.25, 0.3) is 5.91 Å². The second kappa shape index (κ2) is 9.20. The largest absolute Gasteiger partial charge is 0.378 e. The maximum Gasteiger partial charge on any atom is 0.255 e. The van der Waals surface area contributed by atoms with E-state index >= 15 is 0 Å². The third kappa shape index (κ3) is 5.06. The van der Waals surface area contributed by atoms with E-state index in [2.05, 4.69) is 52.0 Å². The Hall–Kier alpha value is -4.06. The number of carbonyl (C=O) groups excluding carboxylic acids is 2. The number of nitrogens with one attached hydrogen (secondary N) is 3. The zero-order valence-corrected chi connectivity index (χ0v) is 19.3. The summed E-state index contributed by atoms with van der Waals surface area (Å²) in [5, 5.41) is 9.90. The van der Waals surface area contributed by atoms with Crippen LogP contribution in [0, 0.1) is 0 Å². The zero-order chi connectivity index (χ0) is 23.5. The number of ketones is 1. The van der Waals surface area contributed by atoms with E-state index in [4.69, 9.17) is 0 Å². The van der Waals surface area contributed by atoms with Crippen LogP contribution in [0.4, 0.5) is 22.7 Å². The van der Waals surface area contributed by atoms with Gasteiger partial charge in [0.15, 0.2) is 5.78 Å². The van der Waals surface area contributed by atoms with E-state index < -0.39 is 0 Å². The molecule has 1 aliphatic rings. The zero-order valence-electron chi connectivity index (χ0n) is 19.3. The van der Waals surface area contributed by atoms with E-state index in [1.807, 2.05) is 38.4 Å². The Kier molecular flexibility index (Phi) is 6.18. The van der Waals surface area contributed by atoms with Crippen molar-refractivity contribution in [1.82, 2.24) is 0 Å². The van der Waals surface area contributed by atoms with Crippen LogP contribution in [0.2, 0.25) is 0 Å². The molecule has 3 aromatic rings. The first-order valence-electron chi connectivity index (χ1n) is 10.9. The Morgan fingerprint density at radius 3 is 2.30 bits per heavy atom. The standard InChI is InChI=1S/C27H28N4O2/c1-17-14-26(24-16-23(31(3)4)12-13-25(24)28-17)29-21-8-10-22(11-9-21)30-27(33)20-7-5-6-19(15-20)18(2)32/h5-17,28-29H,1-4H3,(H,30,33)/t17-/m0/s1. The minimum absolute atomic E-state index is 0.0686. The van der Waals surface area contributed by atoms with Gasteiger partial charge in [0, 0.05) is 65.3 Å². The molecule has 0 aliphatic carbocycles. The van der Waals surface area contributed by atoms with E-state index in [1.165, 1.54) is 6.92 Å². The number of nitrogens with zero attached hydrogens (tertiary/aromatic N) is 1. The number of amides is 1. The predicted molar refractivity (Wildman–Crippen MR) is 136 cm³/mol. The van der Waals surface area contributed by atoms with Crippen molar-refractivity contribution in [2.75, 3.05) is 34.9 Å². The van der Waals surface area contributed by atoms with Gasteiger partial charge in [0.1, 0.15) is 0 Å². The van der Waals surface area contributed by atoms with Crippen molar-refractivity contribution < 1.29 is 9.59 Å². The third-order valence-corrected chi connectivity index (χ3v) is 5.56. The fourth-order valence-corrected chi connectivity index (χ4v) is 3.77. The molecule has 3 N–H and O–H groups in total. The molecule has 0 saturated heterocycles. The summed E-state index contributed by atoms with van der Waals surface area (Å²) in [6.07, 6.45) is 2.17. The van der Waals surface area contributed by atoms with Crippen molar-refractivity contribution in [2.24, 2.45) is 0 Å². The highest BCUT2D eigenvalue weighted by Gasteiger charge is 2.17. The Balaban J connectivity index is 1.49. The highest BCUT2D eigenvalue weighted by atomic mass is 16.1. The molecule has 0 unspecified atom stereocenters. The summed E-state index contributed by atoms with van der Waals surface area (Å²) in [5.41, 5.74) is 6.95. The van der Waals surface area contributed by atoms with Gasteiger partial charge in [-0.1, -0.05) is 12.1 Å². The highest BCUT2D eigenvalue weighted by molar-refractivity contribution is 6.06. The van der Waals surface area contributed by atoms with E-state index in [0.29, 0.717) is 16.8 Å². The normalized spacial score (nSPS) is 14.4. The fourth-order valence-electron chi connectivity index (χ4n) is 3.77. The van der Waals surface area contributed by atoms with Crippen molar-refractivity contribution in [3.8, 4) is 0 Å². The Bertz CT molecular complexity index is 1230. The number of Topliss-reactive ketones (excluding diaryl/α,β-unsaturated/α-hetero) is 1. The summed E-state index contributed by atoms with van der Waals surface area (Å²) >= 11 is 0. The van der Waals surface area contributed by atoms with Gasteiger partial charge in [0.05, 0.1) is 0 Å². The summed E-state index contributed by atoms with van der Waals surface area (Å²) < 4.78 is 0. The second-order valence-corrected chi connectivity index (χ2v) is 8.43. The molecule has 1 heterocycles. The van der Waals surface area contributed by atoms with Crippen LogP contribution in [-0.2, 0) is 0 Å². The predicted octanol–water partition coefficient (Wildman–Crippen LogP) is 5.47. The smallest absolute Gasteiger partial charge is 0.255 e. The molecule has 0 saturated carbocycles. The molecule has 3 aromatic carbocycles. The van der Waals surface area contributed by atoms with Gasteiger partial charge in [0.2, 0.25) is 0 Å². The van der Waals surface area contributed by atoms with E-state index in [-0.39, 0.29) is 17.7 Å². The molecule has 4 rings (SSSR count). The van der Waals surface area contributed by atoms with Crippen LogP contribution >= 0.6 is 0 Å². The van der Waals surface area contributed by atoms with Crippen LogP contribution in [0.5, 0.6) is 0 Å². The van der Waals surface area contributed by atoms with Crippen LogP contribution < -0.4 is 20.9 Å². The molecule has 33 heavy (non-hydrogen) atoms. The van der Waals surface area contributed by atoms with E-state index in [1.54, 1.807) is 24.3 Å². The minimum Gasteiger partial charge on any atom is -0.378 e. The molecule has 1 atom stereocenters. The van der Waals surface area contributed by atoms with Gasteiger partial charge >= 0.3 is 0 Å². The number of benzene rings is 3. The lowest BCUT2D eigenvalue weighted by Gasteiger charge is -2.26. The minimum atomic E-state index is -0.251. The average Bonchev–Trinajstić information content (AvgIpc) is 2.80. The maximum atomic E-state index is 12.6. The first-order valence-corrected chi connectivity index (χ1v) is 10.9. The van der Waals surface area contributed by atoms with E-state index in [0.717, 1.165) is 28.3 Å². The molecule has 0 spiro atoms. The summed E-state index contributed by atoms with van der Waals surface area (Å²) in [7, 11) is 4.06. The van der Waals surface area contributed by atoms with Crippen LogP contribution in [0.25, 0.3) is 5.70 Å². The SMILES string of the molecule is CC(=O)c1cccc(C(=O)Nc2ccc(NC3=C[C@H](C)Nc4ccc(N(C)C)cc43)cc2)c1. The number of anilines is 4. The second-order valence-electron chi connectivity index (χ2n) is 8.43.